The van der Waals surface area contributed by atoms with E-state index in [2.05, 4.69) is 26.0 Å². The molecule has 2 N–H and O–H groups in total. The minimum absolute atomic E-state index is 0.250. The zero-order chi connectivity index (χ0) is 19.4. The first kappa shape index (κ1) is 18.9. The molecule has 1 amide bonds. The first-order chi connectivity index (χ1) is 12.9. The van der Waals surface area contributed by atoms with E-state index in [9.17, 15) is 4.79 Å². The number of aromatic nitrogens is 3. The molecule has 0 aliphatic rings. The van der Waals surface area contributed by atoms with Crippen LogP contribution in [0.5, 0.6) is 0 Å². The van der Waals surface area contributed by atoms with Crippen molar-refractivity contribution < 1.29 is 9.32 Å². The number of carbonyl (C=O) groups is 1. The number of anilines is 1. The van der Waals surface area contributed by atoms with E-state index in [1.807, 2.05) is 52.0 Å². The fourth-order valence-corrected chi connectivity index (χ4v) is 3.80. The van der Waals surface area contributed by atoms with Gasteiger partial charge in [-0.05, 0) is 45.9 Å². The fourth-order valence-electron chi connectivity index (χ4n) is 2.60. The maximum atomic E-state index is 12.6. The second-order valence-corrected chi connectivity index (χ2v) is 7.16. The molecule has 8 heteroatoms. The number of thioether (sulfide) groups is 1. The fraction of sp³-hybridized carbons (Fsp3) is 0.263. The molecule has 3 aromatic rings. The summed E-state index contributed by atoms with van der Waals surface area (Å²) in [5.74, 6) is 1.59. The molecule has 0 radical (unpaired) electrons. The summed E-state index contributed by atoms with van der Waals surface area (Å²) in [7, 11) is 0. The minimum atomic E-state index is -0.250. The Morgan fingerprint density at radius 2 is 1.81 bits per heavy atom. The van der Waals surface area contributed by atoms with Crippen molar-refractivity contribution in [1.82, 2.24) is 20.6 Å². The van der Waals surface area contributed by atoms with Gasteiger partial charge in [0.25, 0.3) is 5.91 Å². The Balaban J connectivity index is 1.70. The Bertz CT molecular complexity index is 931. The Labute approximate surface area is 161 Å². The maximum absolute atomic E-state index is 12.6. The summed E-state index contributed by atoms with van der Waals surface area (Å²) < 4.78 is 5.20. The number of benzene rings is 1. The first-order valence-electron chi connectivity index (χ1n) is 8.46. The van der Waals surface area contributed by atoms with Gasteiger partial charge in [-0.1, -0.05) is 17.3 Å². The predicted molar refractivity (Wildman–Crippen MR) is 105 cm³/mol. The van der Waals surface area contributed by atoms with Gasteiger partial charge in [0.2, 0.25) is 5.95 Å². The number of hydrogen-bond donors (Lipinski definition) is 2. The molecule has 1 aromatic carbocycles. The van der Waals surface area contributed by atoms with E-state index in [-0.39, 0.29) is 5.91 Å². The summed E-state index contributed by atoms with van der Waals surface area (Å²) in [6, 6.07) is 9.32. The van der Waals surface area contributed by atoms with E-state index in [4.69, 9.17) is 4.52 Å². The van der Waals surface area contributed by atoms with Crippen LogP contribution < -0.4 is 10.9 Å². The lowest BCUT2D eigenvalue weighted by atomic mass is 10.2. The Hall–Kier alpha value is -2.87. The molecule has 27 heavy (non-hydrogen) atoms. The normalized spacial score (nSPS) is 10.7. The Morgan fingerprint density at radius 1 is 1.11 bits per heavy atom. The van der Waals surface area contributed by atoms with E-state index < -0.39 is 0 Å². The lowest BCUT2D eigenvalue weighted by molar-refractivity contribution is 0.0959. The van der Waals surface area contributed by atoms with Crippen molar-refractivity contribution in [2.45, 2.75) is 38.3 Å². The van der Waals surface area contributed by atoms with E-state index in [0.29, 0.717) is 17.3 Å². The van der Waals surface area contributed by atoms with Crippen LogP contribution in [0.1, 0.15) is 38.8 Å². The molecule has 0 saturated carbocycles. The van der Waals surface area contributed by atoms with Crippen molar-refractivity contribution in [2.75, 3.05) is 5.43 Å². The average molecular weight is 383 g/mol. The quantitative estimate of drug-likeness (QED) is 0.495. The highest BCUT2D eigenvalue weighted by Crippen LogP contribution is 2.28. The number of hydrogen-bond acceptors (Lipinski definition) is 7. The molecule has 140 valence electrons. The molecule has 2 heterocycles. The van der Waals surface area contributed by atoms with Gasteiger partial charge >= 0.3 is 0 Å². The number of nitrogens with zero attached hydrogens (tertiary/aromatic N) is 3. The van der Waals surface area contributed by atoms with Crippen LogP contribution in [0.4, 0.5) is 5.95 Å². The molecular formula is C19H21N5O2S. The third-order valence-electron chi connectivity index (χ3n) is 3.96. The van der Waals surface area contributed by atoms with Gasteiger partial charge in [0.15, 0.2) is 0 Å². The molecule has 0 aliphatic heterocycles. The summed E-state index contributed by atoms with van der Waals surface area (Å²) in [6.07, 6.45) is 0. The highest BCUT2D eigenvalue weighted by molar-refractivity contribution is 7.98. The molecular weight excluding hydrogens is 362 g/mol. The zero-order valence-electron chi connectivity index (χ0n) is 15.7. The lowest BCUT2D eigenvalue weighted by Crippen LogP contribution is -2.30. The standard InChI is InChI=1S/C19H21N5O2S/c1-11-9-12(2)21-19(20-11)23-22-18(25)15-7-5-6-8-17(15)27-10-16-13(3)24-26-14(16)4/h5-9H,10H2,1-4H3,(H,22,25)(H,20,21,23). The van der Waals surface area contributed by atoms with Crippen LogP contribution in [0, 0.1) is 27.7 Å². The van der Waals surface area contributed by atoms with E-state index in [0.717, 1.165) is 33.3 Å². The largest absolute Gasteiger partial charge is 0.361 e. The van der Waals surface area contributed by atoms with Crippen LogP contribution >= 0.6 is 11.8 Å². The van der Waals surface area contributed by atoms with E-state index in [1.54, 1.807) is 17.8 Å². The molecule has 0 fully saturated rings. The van der Waals surface area contributed by atoms with Gasteiger partial charge in [-0.2, -0.15) is 0 Å². The number of carbonyl (C=O) groups excluding carboxylic acids is 1. The number of hydrazine groups is 1. The van der Waals surface area contributed by atoms with E-state index in [1.165, 1.54) is 0 Å². The third kappa shape index (κ3) is 4.65. The molecule has 0 saturated heterocycles. The monoisotopic (exact) mass is 383 g/mol. The predicted octanol–water partition coefficient (Wildman–Crippen LogP) is 3.75. The molecule has 0 atom stereocenters. The SMILES string of the molecule is Cc1cc(C)nc(NNC(=O)c2ccccc2SCc2c(C)noc2C)n1. The minimum Gasteiger partial charge on any atom is -0.361 e. The number of aryl methyl sites for hydroxylation is 4. The van der Waals surface area contributed by atoms with Crippen molar-refractivity contribution >= 4 is 23.6 Å². The summed E-state index contributed by atoms with van der Waals surface area (Å²) >= 11 is 1.57. The second kappa shape index (κ2) is 8.22. The third-order valence-corrected chi connectivity index (χ3v) is 5.06. The van der Waals surface area contributed by atoms with Crippen LogP contribution in [0.2, 0.25) is 0 Å². The van der Waals surface area contributed by atoms with Crippen molar-refractivity contribution in [3.8, 4) is 0 Å². The molecule has 0 unspecified atom stereocenters. The Morgan fingerprint density at radius 3 is 2.48 bits per heavy atom. The maximum Gasteiger partial charge on any atom is 0.270 e. The van der Waals surface area contributed by atoms with Crippen LogP contribution in [-0.2, 0) is 5.75 Å². The second-order valence-electron chi connectivity index (χ2n) is 6.14. The molecule has 0 bridgehead atoms. The molecule has 0 aliphatic carbocycles. The van der Waals surface area contributed by atoms with Crippen LogP contribution in [-0.4, -0.2) is 21.0 Å². The van der Waals surface area contributed by atoms with Gasteiger partial charge in [0.05, 0.1) is 11.3 Å². The van der Waals surface area contributed by atoms with Crippen LogP contribution in [0.25, 0.3) is 0 Å². The highest BCUT2D eigenvalue weighted by atomic mass is 32.2. The number of nitrogens with one attached hydrogen (secondary N) is 2. The molecule has 0 spiro atoms. The first-order valence-corrected chi connectivity index (χ1v) is 9.45. The van der Waals surface area contributed by atoms with Crippen molar-refractivity contribution in [3.63, 3.8) is 0 Å². The Kier molecular flexibility index (Phi) is 5.75. The summed E-state index contributed by atoms with van der Waals surface area (Å²) in [5, 5.41) is 3.97. The van der Waals surface area contributed by atoms with Gasteiger partial charge in [0, 0.05) is 27.6 Å². The smallest absolute Gasteiger partial charge is 0.270 e. The summed E-state index contributed by atoms with van der Waals surface area (Å²) in [6.45, 7) is 7.56. The molecule has 2 aromatic heterocycles. The van der Waals surface area contributed by atoms with Crippen molar-refractivity contribution in [3.05, 3.63) is 64.3 Å². The van der Waals surface area contributed by atoms with Gasteiger partial charge in [-0.3, -0.25) is 15.6 Å². The van der Waals surface area contributed by atoms with E-state index >= 15 is 0 Å². The molecule has 7 nitrogen and oxygen atoms in total. The van der Waals surface area contributed by atoms with Gasteiger partial charge < -0.3 is 4.52 Å². The van der Waals surface area contributed by atoms with Crippen molar-refractivity contribution in [2.24, 2.45) is 0 Å². The summed E-state index contributed by atoms with van der Waals surface area (Å²) in [4.78, 5) is 22.0. The van der Waals surface area contributed by atoms with Gasteiger partial charge in [0.1, 0.15) is 5.76 Å². The van der Waals surface area contributed by atoms with Gasteiger partial charge in [-0.25, -0.2) is 9.97 Å². The van der Waals surface area contributed by atoms with Gasteiger partial charge in [-0.15, -0.1) is 11.8 Å². The zero-order valence-corrected chi connectivity index (χ0v) is 16.5. The van der Waals surface area contributed by atoms with Crippen molar-refractivity contribution in [1.29, 1.82) is 0 Å². The lowest BCUT2D eigenvalue weighted by Gasteiger charge is -2.11. The number of rotatable bonds is 6. The highest BCUT2D eigenvalue weighted by Gasteiger charge is 2.14. The average Bonchev–Trinajstić information content (AvgIpc) is 2.95. The van der Waals surface area contributed by atoms with Crippen LogP contribution in [0.15, 0.2) is 39.8 Å². The summed E-state index contributed by atoms with van der Waals surface area (Å²) in [5.41, 5.74) is 9.61. The molecule has 3 rings (SSSR count). The van der Waals surface area contributed by atoms with Crippen LogP contribution in [0.3, 0.4) is 0 Å². The topological polar surface area (TPSA) is 92.9 Å². The number of amides is 1.